The van der Waals surface area contributed by atoms with Gasteiger partial charge in [0.25, 0.3) is 0 Å². The smallest absolute Gasteiger partial charge is 0.322 e. The number of nitrogens with one attached hydrogen (secondary N) is 1. The minimum absolute atomic E-state index is 0.129. The fraction of sp³-hybridized carbons (Fsp3) is 0.900. The summed E-state index contributed by atoms with van der Waals surface area (Å²) in [5.41, 5.74) is 0.363. The molecule has 1 atom stereocenters. The standard InChI is InChI=1S/C10H19NO2/c1-10(5-4-6-10)7-8(11-2)9(12)13-3/h8,11H,4-7H2,1-3H3/t8-/m0/s1. The molecule has 3 heteroatoms. The zero-order chi connectivity index (χ0) is 9.90. The molecule has 1 saturated carbocycles. The van der Waals surface area contributed by atoms with Crippen molar-refractivity contribution < 1.29 is 9.53 Å². The highest BCUT2D eigenvalue weighted by atomic mass is 16.5. The molecule has 0 aromatic rings. The van der Waals surface area contributed by atoms with Crippen molar-refractivity contribution in [3.05, 3.63) is 0 Å². The third-order valence-electron chi connectivity index (χ3n) is 3.09. The second-order valence-corrected chi connectivity index (χ2v) is 4.23. The lowest BCUT2D eigenvalue weighted by Crippen LogP contribution is -2.41. The highest BCUT2D eigenvalue weighted by Crippen LogP contribution is 2.44. The second kappa shape index (κ2) is 4.09. The lowest BCUT2D eigenvalue weighted by molar-refractivity contribution is -0.144. The van der Waals surface area contributed by atoms with Gasteiger partial charge in [0, 0.05) is 0 Å². The molecule has 0 bridgehead atoms. The number of rotatable bonds is 4. The maximum Gasteiger partial charge on any atom is 0.322 e. The van der Waals surface area contributed by atoms with Gasteiger partial charge in [0.1, 0.15) is 6.04 Å². The molecule has 1 rings (SSSR count). The Labute approximate surface area is 79.8 Å². The van der Waals surface area contributed by atoms with Crippen molar-refractivity contribution >= 4 is 5.97 Å². The zero-order valence-electron chi connectivity index (χ0n) is 8.72. The van der Waals surface area contributed by atoms with E-state index in [2.05, 4.69) is 12.2 Å². The Morgan fingerprint density at radius 1 is 1.62 bits per heavy atom. The molecular weight excluding hydrogens is 166 g/mol. The highest BCUT2D eigenvalue weighted by molar-refractivity contribution is 5.75. The minimum atomic E-state index is -0.143. The summed E-state index contributed by atoms with van der Waals surface area (Å²) >= 11 is 0. The van der Waals surface area contributed by atoms with Crippen molar-refractivity contribution in [2.75, 3.05) is 14.2 Å². The molecule has 1 fully saturated rings. The van der Waals surface area contributed by atoms with Gasteiger partial charge in [0.15, 0.2) is 0 Å². The number of methoxy groups -OCH3 is 1. The van der Waals surface area contributed by atoms with Gasteiger partial charge in [0.05, 0.1) is 7.11 Å². The Bertz CT molecular complexity index is 187. The van der Waals surface area contributed by atoms with Gasteiger partial charge in [0.2, 0.25) is 0 Å². The van der Waals surface area contributed by atoms with Crippen LogP contribution < -0.4 is 5.32 Å². The van der Waals surface area contributed by atoms with E-state index >= 15 is 0 Å². The van der Waals surface area contributed by atoms with Gasteiger partial charge in [-0.05, 0) is 31.7 Å². The largest absolute Gasteiger partial charge is 0.468 e. The van der Waals surface area contributed by atoms with E-state index in [0.717, 1.165) is 6.42 Å². The molecule has 13 heavy (non-hydrogen) atoms. The van der Waals surface area contributed by atoms with E-state index < -0.39 is 0 Å². The van der Waals surface area contributed by atoms with Crippen LogP contribution in [0.25, 0.3) is 0 Å². The normalized spacial score (nSPS) is 21.8. The van der Waals surface area contributed by atoms with Gasteiger partial charge in [-0.1, -0.05) is 13.3 Å². The quantitative estimate of drug-likeness (QED) is 0.671. The number of ether oxygens (including phenoxy) is 1. The van der Waals surface area contributed by atoms with Gasteiger partial charge < -0.3 is 10.1 Å². The maximum atomic E-state index is 11.3. The molecular formula is C10H19NO2. The molecule has 0 aromatic carbocycles. The summed E-state index contributed by atoms with van der Waals surface area (Å²) in [6.07, 6.45) is 4.68. The summed E-state index contributed by atoms with van der Waals surface area (Å²) in [5.74, 6) is -0.143. The highest BCUT2D eigenvalue weighted by Gasteiger charge is 2.36. The summed E-state index contributed by atoms with van der Waals surface area (Å²) in [7, 11) is 3.25. The predicted molar refractivity (Wildman–Crippen MR) is 51.4 cm³/mol. The van der Waals surface area contributed by atoms with Crippen LogP contribution in [0.1, 0.15) is 32.6 Å². The monoisotopic (exact) mass is 185 g/mol. The summed E-state index contributed by atoms with van der Waals surface area (Å²) in [4.78, 5) is 11.3. The molecule has 1 aliphatic carbocycles. The lowest BCUT2D eigenvalue weighted by Gasteiger charge is -2.40. The Balaban J connectivity index is 2.43. The third-order valence-corrected chi connectivity index (χ3v) is 3.09. The Kier molecular flexibility index (Phi) is 3.31. The van der Waals surface area contributed by atoms with Crippen LogP contribution in [0.4, 0.5) is 0 Å². The average Bonchev–Trinajstić information content (AvgIpc) is 2.10. The first-order valence-corrected chi connectivity index (χ1v) is 4.86. The van der Waals surface area contributed by atoms with E-state index in [4.69, 9.17) is 4.74 Å². The van der Waals surface area contributed by atoms with Crippen molar-refractivity contribution in [3.8, 4) is 0 Å². The van der Waals surface area contributed by atoms with Crippen LogP contribution in [0.2, 0.25) is 0 Å². The first-order valence-electron chi connectivity index (χ1n) is 4.86. The van der Waals surface area contributed by atoms with Gasteiger partial charge in [-0.15, -0.1) is 0 Å². The maximum absolute atomic E-state index is 11.3. The summed E-state index contributed by atoms with van der Waals surface area (Å²) in [6, 6.07) is -0.129. The predicted octanol–water partition coefficient (Wildman–Crippen LogP) is 1.33. The molecule has 0 radical (unpaired) electrons. The molecule has 0 unspecified atom stereocenters. The lowest BCUT2D eigenvalue weighted by atomic mass is 9.67. The Morgan fingerprint density at radius 3 is 2.54 bits per heavy atom. The number of hydrogen-bond acceptors (Lipinski definition) is 3. The van der Waals surface area contributed by atoms with Gasteiger partial charge >= 0.3 is 5.97 Å². The van der Waals surface area contributed by atoms with Crippen molar-refractivity contribution in [3.63, 3.8) is 0 Å². The Morgan fingerprint density at radius 2 is 2.23 bits per heavy atom. The number of carbonyl (C=O) groups excluding carboxylic acids is 1. The third kappa shape index (κ3) is 2.44. The molecule has 76 valence electrons. The molecule has 0 amide bonds. The molecule has 0 aromatic heterocycles. The molecule has 1 aliphatic rings. The average molecular weight is 185 g/mol. The number of likely N-dealkylation sites (N-methyl/N-ethyl adjacent to an activating group) is 1. The van der Waals surface area contributed by atoms with Crippen molar-refractivity contribution in [2.45, 2.75) is 38.6 Å². The first kappa shape index (κ1) is 10.5. The van der Waals surface area contributed by atoms with E-state index in [9.17, 15) is 4.79 Å². The van der Waals surface area contributed by atoms with Crippen molar-refractivity contribution in [1.29, 1.82) is 0 Å². The first-order chi connectivity index (χ1) is 6.11. The molecule has 3 nitrogen and oxygen atoms in total. The molecule has 0 spiro atoms. The van der Waals surface area contributed by atoms with Crippen LogP contribution in [0.3, 0.4) is 0 Å². The van der Waals surface area contributed by atoms with Gasteiger partial charge in [-0.3, -0.25) is 4.79 Å². The topological polar surface area (TPSA) is 38.3 Å². The van der Waals surface area contributed by atoms with Crippen LogP contribution in [-0.4, -0.2) is 26.2 Å². The fourth-order valence-electron chi connectivity index (χ4n) is 1.92. The van der Waals surface area contributed by atoms with Crippen LogP contribution in [0.15, 0.2) is 0 Å². The van der Waals surface area contributed by atoms with Gasteiger partial charge in [-0.25, -0.2) is 0 Å². The van der Waals surface area contributed by atoms with E-state index in [-0.39, 0.29) is 12.0 Å². The van der Waals surface area contributed by atoms with E-state index in [1.54, 1.807) is 0 Å². The fourth-order valence-corrected chi connectivity index (χ4v) is 1.92. The van der Waals surface area contributed by atoms with Gasteiger partial charge in [-0.2, -0.15) is 0 Å². The van der Waals surface area contributed by atoms with E-state index in [1.807, 2.05) is 7.05 Å². The molecule has 0 saturated heterocycles. The number of hydrogen-bond donors (Lipinski definition) is 1. The number of esters is 1. The Hall–Kier alpha value is -0.570. The van der Waals surface area contributed by atoms with Crippen molar-refractivity contribution in [1.82, 2.24) is 5.32 Å². The molecule has 0 aliphatic heterocycles. The summed E-state index contributed by atoms with van der Waals surface area (Å²) < 4.78 is 4.72. The molecule has 1 N–H and O–H groups in total. The van der Waals surface area contributed by atoms with Crippen molar-refractivity contribution in [2.24, 2.45) is 5.41 Å². The minimum Gasteiger partial charge on any atom is -0.468 e. The van der Waals surface area contributed by atoms with E-state index in [0.29, 0.717) is 5.41 Å². The van der Waals surface area contributed by atoms with Crippen LogP contribution in [0, 0.1) is 5.41 Å². The van der Waals surface area contributed by atoms with E-state index in [1.165, 1.54) is 26.4 Å². The van der Waals surface area contributed by atoms with Crippen LogP contribution in [0.5, 0.6) is 0 Å². The molecule has 0 heterocycles. The van der Waals surface area contributed by atoms with Crippen LogP contribution in [-0.2, 0) is 9.53 Å². The second-order valence-electron chi connectivity index (χ2n) is 4.23. The summed E-state index contributed by atoms with van der Waals surface area (Å²) in [6.45, 7) is 2.24. The SMILES string of the molecule is CN[C@@H](CC1(C)CCC1)C(=O)OC. The van der Waals surface area contributed by atoms with Crippen LogP contribution >= 0.6 is 0 Å². The summed E-state index contributed by atoms with van der Waals surface area (Å²) in [5, 5.41) is 3.00. The number of carbonyl (C=O) groups is 1. The zero-order valence-corrected chi connectivity index (χ0v) is 8.72.